The fourth-order valence-corrected chi connectivity index (χ4v) is 1.47. The second-order valence-electron chi connectivity index (χ2n) is 2.36. The quantitative estimate of drug-likeness (QED) is 0.513. The summed E-state index contributed by atoms with van der Waals surface area (Å²) in [5.74, 6) is -1.34. The van der Waals surface area contributed by atoms with Crippen molar-refractivity contribution in [3.63, 3.8) is 0 Å². The lowest BCUT2D eigenvalue weighted by Crippen LogP contribution is -2.27. The molecule has 1 aliphatic heterocycles. The van der Waals surface area contributed by atoms with E-state index in [1.165, 1.54) is 6.92 Å². The van der Waals surface area contributed by atoms with Crippen LogP contribution in [0.3, 0.4) is 0 Å². The Labute approximate surface area is 83.8 Å². The van der Waals surface area contributed by atoms with Gasteiger partial charge < -0.3 is 9.84 Å². The summed E-state index contributed by atoms with van der Waals surface area (Å²) in [5.41, 5.74) is 0.236. The largest absolute Gasteiger partial charge is 0.502 e. The number of hydrogen-bond donors (Lipinski definition) is 1. The standard InChI is InChI=1S/C6H5Cl3O3/c1-2-3(10)5(11)12-4(2)6(7,8)9/h4,10H,1H3/t4-/m0/s1. The predicted molar refractivity (Wildman–Crippen MR) is 45.5 cm³/mol. The van der Waals surface area contributed by atoms with Gasteiger partial charge in [0.25, 0.3) is 0 Å². The Morgan fingerprint density at radius 3 is 2.17 bits per heavy atom. The minimum Gasteiger partial charge on any atom is -0.502 e. The van der Waals surface area contributed by atoms with Gasteiger partial charge in [0, 0.05) is 5.57 Å². The Morgan fingerprint density at radius 1 is 1.50 bits per heavy atom. The van der Waals surface area contributed by atoms with Gasteiger partial charge in [0.15, 0.2) is 6.10 Å². The molecule has 0 saturated heterocycles. The van der Waals surface area contributed by atoms with E-state index in [1.54, 1.807) is 0 Å². The maximum absolute atomic E-state index is 10.7. The zero-order valence-electron chi connectivity index (χ0n) is 5.97. The number of rotatable bonds is 0. The van der Waals surface area contributed by atoms with Crippen LogP contribution in [0, 0.1) is 0 Å². The summed E-state index contributed by atoms with van der Waals surface area (Å²) in [7, 11) is 0. The molecular weight excluding hydrogens is 226 g/mol. The number of alkyl halides is 3. The Hall–Kier alpha value is -0.120. The van der Waals surface area contributed by atoms with E-state index in [0.29, 0.717) is 0 Å². The summed E-state index contributed by atoms with van der Waals surface area (Å²) in [6.45, 7) is 1.47. The number of halogens is 3. The van der Waals surface area contributed by atoms with E-state index < -0.39 is 21.6 Å². The number of cyclic esters (lactones) is 1. The van der Waals surface area contributed by atoms with Crippen LogP contribution >= 0.6 is 34.8 Å². The fourth-order valence-electron chi connectivity index (χ4n) is 0.849. The molecule has 1 rings (SSSR count). The van der Waals surface area contributed by atoms with E-state index in [1.807, 2.05) is 0 Å². The summed E-state index contributed by atoms with van der Waals surface area (Å²) in [5, 5.41) is 9.03. The van der Waals surface area contributed by atoms with E-state index >= 15 is 0 Å². The number of hydrogen-bond acceptors (Lipinski definition) is 3. The fraction of sp³-hybridized carbons (Fsp3) is 0.500. The summed E-state index contributed by atoms with van der Waals surface area (Å²) in [6.07, 6.45) is -0.991. The molecule has 0 saturated carbocycles. The maximum Gasteiger partial charge on any atom is 0.374 e. The van der Waals surface area contributed by atoms with Crippen molar-refractivity contribution in [2.75, 3.05) is 0 Å². The van der Waals surface area contributed by atoms with Crippen molar-refractivity contribution >= 4 is 40.8 Å². The monoisotopic (exact) mass is 230 g/mol. The highest BCUT2D eigenvalue weighted by Gasteiger charge is 2.44. The lowest BCUT2D eigenvalue weighted by molar-refractivity contribution is -0.141. The predicted octanol–water partition coefficient (Wildman–Crippen LogP) is 2.11. The lowest BCUT2D eigenvalue weighted by atomic mass is 10.2. The lowest BCUT2D eigenvalue weighted by Gasteiger charge is -2.18. The van der Waals surface area contributed by atoms with Crippen LogP contribution in [0.5, 0.6) is 0 Å². The zero-order chi connectivity index (χ0) is 9.52. The summed E-state index contributed by atoms with van der Waals surface area (Å²) in [4.78, 5) is 10.7. The van der Waals surface area contributed by atoms with Crippen LogP contribution in [0.25, 0.3) is 0 Å². The number of carbonyl (C=O) groups excluding carboxylic acids is 1. The van der Waals surface area contributed by atoms with E-state index in [0.717, 1.165) is 0 Å². The molecule has 12 heavy (non-hydrogen) atoms. The molecule has 0 amide bonds. The molecule has 0 bridgehead atoms. The molecule has 1 aliphatic rings. The Kier molecular flexibility index (Phi) is 2.47. The van der Waals surface area contributed by atoms with Crippen molar-refractivity contribution in [2.45, 2.75) is 16.8 Å². The van der Waals surface area contributed by atoms with Gasteiger partial charge in [-0.3, -0.25) is 0 Å². The molecular formula is C6H5Cl3O3. The molecule has 68 valence electrons. The molecule has 0 aromatic carbocycles. The average molecular weight is 231 g/mol. The van der Waals surface area contributed by atoms with Gasteiger partial charge >= 0.3 is 5.97 Å². The molecule has 0 unspecified atom stereocenters. The molecule has 0 fully saturated rings. The van der Waals surface area contributed by atoms with Crippen LogP contribution < -0.4 is 0 Å². The first-order chi connectivity index (χ1) is 5.34. The van der Waals surface area contributed by atoms with Gasteiger partial charge in [0.2, 0.25) is 9.55 Å². The highest BCUT2D eigenvalue weighted by atomic mass is 35.6. The third-order valence-electron chi connectivity index (χ3n) is 1.48. The molecule has 0 aromatic rings. The molecule has 1 heterocycles. The van der Waals surface area contributed by atoms with Crippen LogP contribution in [0.15, 0.2) is 11.3 Å². The van der Waals surface area contributed by atoms with E-state index in [4.69, 9.17) is 39.9 Å². The molecule has 0 aromatic heterocycles. The van der Waals surface area contributed by atoms with Gasteiger partial charge in [-0.15, -0.1) is 0 Å². The van der Waals surface area contributed by atoms with Crippen LogP contribution in [-0.2, 0) is 9.53 Å². The van der Waals surface area contributed by atoms with Crippen LogP contribution in [-0.4, -0.2) is 21.0 Å². The molecule has 1 N–H and O–H groups in total. The van der Waals surface area contributed by atoms with E-state index in [-0.39, 0.29) is 5.57 Å². The number of esters is 1. The maximum atomic E-state index is 10.7. The topological polar surface area (TPSA) is 46.5 Å². The number of aliphatic hydroxyl groups is 1. The smallest absolute Gasteiger partial charge is 0.374 e. The Morgan fingerprint density at radius 2 is 2.00 bits per heavy atom. The second kappa shape index (κ2) is 2.98. The van der Waals surface area contributed by atoms with E-state index in [2.05, 4.69) is 4.74 Å². The first-order valence-corrected chi connectivity index (χ1v) is 4.15. The number of carbonyl (C=O) groups is 1. The number of ether oxygens (including phenoxy) is 1. The molecule has 6 heteroatoms. The third-order valence-corrected chi connectivity index (χ3v) is 2.08. The Bertz CT molecular complexity index is 253. The van der Waals surface area contributed by atoms with Crippen molar-refractivity contribution in [3.05, 3.63) is 11.3 Å². The van der Waals surface area contributed by atoms with Gasteiger partial charge in [-0.05, 0) is 6.92 Å². The van der Waals surface area contributed by atoms with Gasteiger partial charge in [-0.1, -0.05) is 34.8 Å². The number of aliphatic hydroxyl groups excluding tert-OH is 1. The zero-order valence-corrected chi connectivity index (χ0v) is 8.24. The van der Waals surface area contributed by atoms with Crippen LogP contribution in [0.1, 0.15) is 6.92 Å². The van der Waals surface area contributed by atoms with Gasteiger partial charge in [0.05, 0.1) is 0 Å². The molecule has 0 aliphatic carbocycles. The first-order valence-electron chi connectivity index (χ1n) is 3.01. The SMILES string of the molecule is CC1=C(O)C(=O)O[C@@H]1C(Cl)(Cl)Cl. The third kappa shape index (κ3) is 1.63. The molecule has 0 radical (unpaired) electrons. The minimum atomic E-state index is -1.73. The molecule has 3 nitrogen and oxygen atoms in total. The van der Waals surface area contributed by atoms with Gasteiger partial charge in [0.1, 0.15) is 0 Å². The minimum absolute atomic E-state index is 0.236. The molecule has 0 spiro atoms. The summed E-state index contributed by atoms with van der Waals surface area (Å²) in [6, 6.07) is 0. The van der Waals surface area contributed by atoms with Crippen molar-refractivity contribution in [2.24, 2.45) is 0 Å². The summed E-state index contributed by atoms with van der Waals surface area (Å²) >= 11 is 16.4. The highest BCUT2D eigenvalue weighted by Crippen LogP contribution is 2.39. The second-order valence-corrected chi connectivity index (χ2v) is 4.73. The summed E-state index contributed by atoms with van der Waals surface area (Å²) < 4.78 is 2.86. The van der Waals surface area contributed by atoms with Crippen molar-refractivity contribution in [1.82, 2.24) is 0 Å². The van der Waals surface area contributed by atoms with Gasteiger partial charge in [-0.25, -0.2) is 4.79 Å². The van der Waals surface area contributed by atoms with Crippen molar-refractivity contribution in [3.8, 4) is 0 Å². The van der Waals surface area contributed by atoms with Gasteiger partial charge in [-0.2, -0.15) is 0 Å². The van der Waals surface area contributed by atoms with Crippen LogP contribution in [0.2, 0.25) is 0 Å². The first kappa shape index (κ1) is 9.96. The van der Waals surface area contributed by atoms with Crippen molar-refractivity contribution < 1.29 is 14.6 Å². The van der Waals surface area contributed by atoms with Crippen LogP contribution in [0.4, 0.5) is 0 Å². The normalized spacial score (nSPS) is 24.7. The Balaban J connectivity index is 2.95. The molecule has 1 atom stereocenters. The highest BCUT2D eigenvalue weighted by molar-refractivity contribution is 6.68. The van der Waals surface area contributed by atoms with Crippen molar-refractivity contribution in [1.29, 1.82) is 0 Å². The van der Waals surface area contributed by atoms with E-state index in [9.17, 15) is 4.79 Å². The average Bonchev–Trinajstić information content (AvgIpc) is 2.15.